The molecule has 20 nitrogen and oxygen atoms in total. The minimum atomic E-state index is -5.53. The number of esters is 2. The van der Waals surface area contributed by atoms with Gasteiger partial charge in [-0.05, 0) is 70.6 Å². The van der Waals surface area contributed by atoms with Crippen LogP contribution in [0.1, 0.15) is 142 Å². The van der Waals surface area contributed by atoms with E-state index in [1.54, 1.807) is 24.3 Å². The summed E-state index contributed by atoms with van der Waals surface area (Å²) in [5, 5.41) is 60.6. The second-order valence-electron chi connectivity index (χ2n) is 17.7. The van der Waals surface area contributed by atoms with E-state index >= 15 is 0 Å². The standard InChI is InChI=1S/C50H85NO19P2S/c1-3-5-7-9-11-13-15-17-18-19-21-23-25-27-29-34-43(55)66-35-38(36-67-72(64,65)70-49-47(59)45(57)44(56)46(58)48(49)69-71(61,62)63)68-50(60)39(51)37-73-41(40(52)31-30-33-42(53)54)32-28-26-24-22-20-16-14-12-10-8-6-4-2/h11-14,17-18,20,22,24,26,28,32,38-41,44-49,52,56-59H,3-10,15-16,19,21,23,25,27,29-31,33-37,51H2,1-2H3,(H,53,54)(H,64,65)(H2,61,62,63)/b13-11-,14-12-,18-17-,22-20-,26-24+,32-28+/t38-,39+,40+,41-,44+,45+,46-,47-,48-,49+/m1/s1. The van der Waals surface area contributed by atoms with E-state index in [0.717, 1.165) is 82.4 Å². The number of carboxylic acid groups (broad SMARTS) is 1. The SMILES string of the molecule is CCCCC/C=C\C\C=C/C=C/C=C/[C@@H](SC[C@H](N)C(=O)O[C@H](COC(=O)CCCCCCC/C=C\C/C=C\CCCCC)COP(=O)(O)O[C@H]1[C@H](O)[C@@H](O)[C@H](O)[C@@H](O)[C@H]1OP(=O)(O)O)[C@@H](O)CCCC(=O)O. The van der Waals surface area contributed by atoms with Crippen LogP contribution >= 0.6 is 27.4 Å². The molecule has 0 spiro atoms. The third-order valence-electron chi connectivity index (χ3n) is 11.3. The zero-order valence-corrected chi connectivity index (χ0v) is 45.1. The van der Waals surface area contributed by atoms with E-state index in [1.165, 1.54) is 25.7 Å². The van der Waals surface area contributed by atoms with Crippen molar-refractivity contribution in [3.05, 3.63) is 72.9 Å². The van der Waals surface area contributed by atoms with E-state index in [9.17, 15) is 63.7 Å². The number of phosphoric ester groups is 2. The number of rotatable bonds is 42. The Balaban J connectivity index is 3.04. The van der Waals surface area contributed by atoms with Gasteiger partial charge in [0, 0.05) is 23.8 Å². The van der Waals surface area contributed by atoms with Crippen molar-refractivity contribution in [1.82, 2.24) is 0 Å². The molecule has 0 heterocycles. The van der Waals surface area contributed by atoms with Crippen LogP contribution in [0, 0.1) is 0 Å². The number of allylic oxidation sites excluding steroid dienone is 11. The van der Waals surface area contributed by atoms with Gasteiger partial charge in [0.1, 0.15) is 49.3 Å². The Bertz CT molecular complexity index is 1810. The molecule has 0 radical (unpaired) electrons. The van der Waals surface area contributed by atoms with E-state index in [2.05, 4.69) is 54.8 Å². The Kier molecular flexibility index (Phi) is 37.8. The predicted octanol–water partition coefficient (Wildman–Crippen LogP) is 6.93. The minimum Gasteiger partial charge on any atom is -0.481 e. The van der Waals surface area contributed by atoms with E-state index in [0.29, 0.717) is 6.42 Å². The number of phosphoric acid groups is 2. The van der Waals surface area contributed by atoms with Gasteiger partial charge < -0.3 is 60.5 Å². The number of carboxylic acids is 1. The average Bonchev–Trinajstić information content (AvgIpc) is 3.33. The summed E-state index contributed by atoms with van der Waals surface area (Å²) in [6.45, 7) is 2.58. The summed E-state index contributed by atoms with van der Waals surface area (Å²) in [6.07, 6.45) is 23.1. The van der Waals surface area contributed by atoms with Gasteiger partial charge in [0.05, 0.1) is 12.7 Å². The quantitative estimate of drug-likeness (QED) is 0.00973. The Labute approximate surface area is 435 Å². The second kappa shape index (κ2) is 40.4. The maximum Gasteiger partial charge on any atom is 0.472 e. The number of hydrogen-bond acceptors (Lipinski definition) is 17. The van der Waals surface area contributed by atoms with E-state index in [4.69, 9.17) is 29.4 Å². The summed E-state index contributed by atoms with van der Waals surface area (Å²) < 4.78 is 50.0. The van der Waals surface area contributed by atoms with E-state index in [1.807, 2.05) is 12.2 Å². The number of carbonyl (C=O) groups excluding carboxylic acids is 2. The molecule has 420 valence electrons. The monoisotopic (exact) mass is 1100 g/mol. The maximum atomic E-state index is 13.4. The number of unbranched alkanes of at least 4 members (excludes halogenated alkanes) is 11. The van der Waals surface area contributed by atoms with Crippen LogP contribution in [0.2, 0.25) is 0 Å². The minimum absolute atomic E-state index is 0.00742. The fourth-order valence-corrected chi connectivity index (χ4v) is 9.78. The molecule has 73 heavy (non-hydrogen) atoms. The normalized spacial score (nSPS) is 22.5. The summed E-state index contributed by atoms with van der Waals surface area (Å²) in [6, 6.07) is -1.40. The summed E-state index contributed by atoms with van der Waals surface area (Å²) in [5.41, 5.74) is 6.21. The van der Waals surface area contributed by atoms with Gasteiger partial charge in [-0.2, -0.15) is 0 Å². The molecule has 1 aliphatic rings. The summed E-state index contributed by atoms with van der Waals surface area (Å²) >= 11 is 1.07. The van der Waals surface area contributed by atoms with Gasteiger partial charge in [-0.1, -0.05) is 132 Å². The van der Waals surface area contributed by atoms with E-state index < -0.39 is 107 Å². The smallest absolute Gasteiger partial charge is 0.472 e. The number of aliphatic carboxylic acids is 1. The van der Waals surface area contributed by atoms with Gasteiger partial charge in [0.25, 0.3) is 0 Å². The lowest BCUT2D eigenvalue weighted by atomic mass is 9.85. The lowest BCUT2D eigenvalue weighted by molar-refractivity contribution is -0.216. The molecule has 0 saturated heterocycles. The first-order valence-electron chi connectivity index (χ1n) is 25.4. The molecule has 1 unspecified atom stereocenters. The molecule has 1 rings (SSSR count). The van der Waals surface area contributed by atoms with Gasteiger partial charge in [0.2, 0.25) is 0 Å². The van der Waals surface area contributed by atoms with Crippen molar-refractivity contribution in [2.24, 2.45) is 5.73 Å². The predicted molar refractivity (Wildman–Crippen MR) is 279 cm³/mol. The zero-order valence-electron chi connectivity index (χ0n) is 42.5. The number of nitrogens with two attached hydrogens (primary N) is 1. The first kappa shape index (κ1) is 68.2. The summed E-state index contributed by atoms with van der Waals surface area (Å²) in [5.74, 6) is -2.97. The van der Waals surface area contributed by atoms with Gasteiger partial charge in [-0.3, -0.25) is 28.0 Å². The number of ether oxygens (including phenoxy) is 2. The van der Waals surface area contributed by atoms with Crippen molar-refractivity contribution in [1.29, 1.82) is 0 Å². The summed E-state index contributed by atoms with van der Waals surface area (Å²) in [4.78, 5) is 66.7. The zero-order chi connectivity index (χ0) is 54.5. The van der Waals surface area contributed by atoms with Crippen LogP contribution in [0.15, 0.2) is 72.9 Å². The number of hydrogen-bond donors (Lipinski definition) is 10. The molecule has 0 aromatic rings. The van der Waals surface area contributed by atoms with Crippen molar-refractivity contribution in [3.8, 4) is 0 Å². The lowest BCUT2D eigenvalue weighted by Gasteiger charge is -2.43. The maximum absolute atomic E-state index is 13.4. The molecule has 1 fully saturated rings. The number of thioether (sulfide) groups is 1. The van der Waals surface area contributed by atoms with Gasteiger partial charge in [0.15, 0.2) is 6.10 Å². The molecule has 0 aromatic heterocycles. The van der Waals surface area contributed by atoms with Crippen LogP contribution in [0.5, 0.6) is 0 Å². The molecule has 11 N–H and O–H groups in total. The van der Waals surface area contributed by atoms with Crippen LogP contribution in [-0.4, -0.2) is 142 Å². The number of carbonyl (C=O) groups is 3. The van der Waals surface area contributed by atoms with Crippen LogP contribution < -0.4 is 5.73 Å². The molecule has 0 amide bonds. The third-order valence-corrected chi connectivity index (χ3v) is 14.2. The van der Waals surface area contributed by atoms with Gasteiger partial charge >= 0.3 is 33.6 Å². The molecule has 0 aromatic carbocycles. The highest BCUT2D eigenvalue weighted by Crippen LogP contribution is 2.50. The van der Waals surface area contributed by atoms with Crippen molar-refractivity contribution in [2.45, 2.75) is 202 Å². The van der Waals surface area contributed by atoms with Crippen molar-refractivity contribution < 1.29 is 91.9 Å². The molecular weight excluding hydrogens is 1010 g/mol. The highest BCUT2D eigenvalue weighted by Gasteiger charge is 2.54. The van der Waals surface area contributed by atoms with Crippen LogP contribution in [-0.2, 0) is 46.6 Å². The van der Waals surface area contributed by atoms with Gasteiger partial charge in [-0.25, -0.2) is 9.13 Å². The molecule has 1 aliphatic carbocycles. The topological polar surface area (TPSA) is 340 Å². The van der Waals surface area contributed by atoms with Crippen molar-refractivity contribution >= 4 is 45.3 Å². The Morgan fingerprint density at radius 1 is 0.644 bits per heavy atom. The molecular formula is C50H85NO19P2S. The largest absolute Gasteiger partial charge is 0.481 e. The molecule has 0 bridgehead atoms. The molecule has 1 saturated carbocycles. The Morgan fingerprint density at radius 2 is 1.18 bits per heavy atom. The van der Waals surface area contributed by atoms with Crippen molar-refractivity contribution in [3.63, 3.8) is 0 Å². The first-order chi connectivity index (χ1) is 34.7. The summed E-state index contributed by atoms with van der Waals surface area (Å²) in [7, 11) is -11.0. The van der Waals surface area contributed by atoms with Crippen LogP contribution in [0.25, 0.3) is 0 Å². The van der Waals surface area contributed by atoms with Crippen LogP contribution in [0.4, 0.5) is 0 Å². The Morgan fingerprint density at radius 3 is 1.75 bits per heavy atom. The van der Waals surface area contributed by atoms with E-state index in [-0.39, 0.29) is 31.4 Å². The molecule has 0 aliphatic heterocycles. The highest BCUT2D eigenvalue weighted by atomic mass is 32.2. The van der Waals surface area contributed by atoms with Gasteiger partial charge in [-0.15, -0.1) is 11.8 Å². The fourth-order valence-electron chi connectivity index (χ4n) is 7.12. The Hall–Kier alpha value is -2.82. The fraction of sp³-hybridized carbons (Fsp3) is 0.700. The lowest BCUT2D eigenvalue weighted by Crippen LogP contribution is -2.64. The number of aliphatic hydroxyl groups is 5. The number of aliphatic hydroxyl groups excluding tert-OH is 5. The van der Waals surface area contributed by atoms with Crippen LogP contribution in [0.3, 0.4) is 0 Å². The molecule has 11 atom stereocenters. The second-order valence-corrected chi connectivity index (χ2v) is 21.5. The molecule has 23 heteroatoms. The third kappa shape index (κ3) is 33.8. The first-order valence-corrected chi connectivity index (χ1v) is 29.5. The highest BCUT2D eigenvalue weighted by molar-refractivity contribution is 8.00. The van der Waals surface area contributed by atoms with Crippen molar-refractivity contribution in [2.75, 3.05) is 19.0 Å². The average molecular weight is 1100 g/mol.